The lowest BCUT2D eigenvalue weighted by Gasteiger charge is -2.20. The number of carbonyl (C=O) groups excluding carboxylic acids is 1. The Bertz CT molecular complexity index is 357. The van der Waals surface area contributed by atoms with E-state index in [0.29, 0.717) is 11.7 Å². The van der Waals surface area contributed by atoms with Crippen LogP contribution in [-0.4, -0.2) is 33.7 Å². The number of nitrogens with zero attached hydrogens (tertiary/aromatic N) is 3. The molecule has 1 aromatic rings. The maximum absolute atomic E-state index is 10.9. The van der Waals surface area contributed by atoms with Gasteiger partial charge in [-0.3, -0.25) is 14.4 Å². The third-order valence-corrected chi connectivity index (χ3v) is 2.52. The largest absolute Gasteiger partial charge is 0.364 e. The van der Waals surface area contributed by atoms with Gasteiger partial charge in [-0.25, -0.2) is 0 Å². The van der Waals surface area contributed by atoms with Gasteiger partial charge in [-0.2, -0.15) is 5.10 Å². The number of carbonyl (C=O) groups is 1. The molecule has 1 heterocycles. The molecule has 0 atom stereocenters. The van der Waals surface area contributed by atoms with Crippen LogP contribution in [0.15, 0.2) is 6.07 Å². The van der Waals surface area contributed by atoms with Crippen molar-refractivity contribution in [1.29, 1.82) is 0 Å². The summed E-state index contributed by atoms with van der Waals surface area (Å²) in [4.78, 5) is 13.1. The fourth-order valence-electron chi connectivity index (χ4n) is 1.21. The second-order valence-electron chi connectivity index (χ2n) is 4.02. The Morgan fingerprint density at radius 1 is 1.53 bits per heavy atom. The van der Waals surface area contributed by atoms with E-state index in [1.54, 1.807) is 10.7 Å². The summed E-state index contributed by atoms with van der Waals surface area (Å²) in [7, 11) is 3.84. The van der Waals surface area contributed by atoms with Gasteiger partial charge in [0.05, 0.1) is 5.69 Å². The zero-order chi connectivity index (χ0) is 13.6. The molecule has 1 aromatic heterocycles. The van der Waals surface area contributed by atoms with E-state index in [0.717, 1.165) is 12.2 Å². The third kappa shape index (κ3) is 4.56. The summed E-state index contributed by atoms with van der Waals surface area (Å²) in [5.74, 6) is -0.482. The van der Waals surface area contributed by atoms with Gasteiger partial charge in [0, 0.05) is 19.6 Å². The van der Waals surface area contributed by atoms with Crippen molar-refractivity contribution in [2.24, 2.45) is 12.8 Å². The number of aryl methyl sites for hydroxylation is 1. The lowest BCUT2D eigenvalue weighted by molar-refractivity contribution is 0.0995. The molecular formula is C12H24N4O. The maximum Gasteiger partial charge on any atom is 0.269 e. The van der Waals surface area contributed by atoms with E-state index in [4.69, 9.17) is 5.73 Å². The monoisotopic (exact) mass is 240 g/mol. The predicted octanol–water partition coefficient (Wildman–Crippen LogP) is 1.39. The van der Waals surface area contributed by atoms with Crippen LogP contribution in [0, 0.1) is 0 Å². The Hall–Kier alpha value is -1.36. The zero-order valence-corrected chi connectivity index (χ0v) is 11.7. The molecule has 98 valence electrons. The molecular weight excluding hydrogens is 216 g/mol. The highest BCUT2D eigenvalue weighted by atomic mass is 16.1. The molecule has 0 radical (unpaired) electrons. The van der Waals surface area contributed by atoms with Gasteiger partial charge in [-0.1, -0.05) is 13.8 Å². The van der Waals surface area contributed by atoms with E-state index in [1.807, 2.05) is 27.9 Å². The van der Waals surface area contributed by atoms with Gasteiger partial charge >= 0.3 is 0 Å². The van der Waals surface area contributed by atoms with Gasteiger partial charge in [0.2, 0.25) is 0 Å². The standard InChI is InChI=1S/C10H18N4O.C2H6/c1-7(2)13(3)6-8-5-9(10(11)15)12-14(8)4;1-2/h5,7H,6H2,1-4H3,(H2,11,15);1-2H3. The molecule has 0 aliphatic carbocycles. The Balaban J connectivity index is 0.00000121. The maximum atomic E-state index is 10.9. The first-order valence-electron chi connectivity index (χ1n) is 5.94. The molecule has 0 aliphatic heterocycles. The van der Waals surface area contributed by atoms with Crippen molar-refractivity contribution in [2.75, 3.05) is 7.05 Å². The summed E-state index contributed by atoms with van der Waals surface area (Å²) in [5.41, 5.74) is 6.47. The van der Waals surface area contributed by atoms with Crippen molar-refractivity contribution in [3.05, 3.63) is 17.5 Å². The Labute approximate surface area is 104 Å². The number of aromatic nitrogens is 2. The summed E-state index contributed by atoms with van der Waals surface area (Å²) in [6.45, 7) is 8.99. The SMILES string of the molecule is CC.CC(C)N(C)Cc1cc(C(N)=O)nn1C. The minimum Gasteiger partial charge on any atom is -0.364 e. The van der Waals surface area contributed by atoms with Crippen LogP contribution in [0.4, 0.5) is 0 Å². The molecule has 0 aliphatic rings. The molecule has 0 spiro atoms. The molecule has 17 heavy (non-hydrogen) atoms. The highest BCUT2D eigenvalue weighted by molar-refractivity contribution is 5.90. The highest BCUT2D eigenvalue weighted by Crippen LogP contribution is 2.07. The summed E-state index contributed by atoms with van der Waals surface area (Å²) in [5, 5.41) is 4.04. The van der Waals surface area contributed by atoms with Gasteiger partial charge in [0.25, 0.3) is 5.91 Å². The molecule has 0 bridgehead atoms. The lowest BCUT2D eigenvalue weighted by Crippen LogP contribution is -2.26. The molecule has 5 nitrogen and oxygen atoms in total. The summed E-state index contributed by atoms with van der Waals surface area (Å²) in [6.07, 6.45) is 0. The third-order valence-electron chi connectivity index (χ3n) is 2.52. The van der Waals surface area contributed by atoms with Crippen molar-refractivity contribution >= 4 is 5.91 Å². The first-order chi connectivity index (χ1) is 7.91. The number of amides is 1. The fraction of sp³-hybridized carbons (Fsp3) is 0.667. The van der Waals surface area contributed by atoms with E-state index >= 15 is 0 Å². The number of primary amides is 1. The molecule has 0 fully saturated rings. The number of hydrogen-bond donors (Lipinski definition) is 1. The molecule has 0 unspecified atom stereocenters. The molecule has 0 saturated carbocycles. The van der Waals surface area contributed by atoms with Crippen molar-refractivity contribution < 1.29 is 4.79 Å². The summed E-state index contributed by atoms with van der Waals surface area (Å²) >= 11 is 0. The first kappa shape index (κ1) is 15.6. The zero-order valence-electron chi connectivity index (χ0n) is 11.7. The van der Waals surface area contributed by atoms with Crippen LogP contribution in [0.1, 0.15) is 43.9 Å². The summed E-state index contributed by atoms with van der Waals surface area (Å²) in [6, 6.07) is 2.19. The van der Waals surface area contributed by atoms with Crippen LogP contribution in [0.3, 0.4) is 0 Å². The van der Waals surface area contributed by atoms with Crippen molar-refractivity contribution in [2.45, 2.75) is 40.3 Å². The number of hydrogen-bond acceptors (Lipinski definition) is 3. The van der Waals surface area contributed by atoms with E-state index in [9.17, 15) is 4.79 Å². The normalized spacial score (nSPS) is 10.4. The topological polar surface area (TPSA) is 64.2 Å². The molecule has 0 aromatic carbocycles. The Morgan fingerprint density at radius 2 is 2.06 bits per heavy atom. The summed E-state index contributed by atoms with van der Waals surface area (Å²) < 4.78 is 1.69. The van der Waals surface area contributed by atoms with Gasteiger partial charge in [-0.15, -0.1) is 0 Å². The van der Waals surface area contributed by atoms with Crippen LogP contribution in [0.5, 0.6) is 0 Å². The average molecular weight is 240 g/mol. The minimum absolute atomic E-state index is 0.324. The molecule has 1 rings (SSSR count). The van der Waals surface area contributed by atoms with Gasteiger partial charge in [-0.05, 0) is 27.0 Å². The number of nitrogens with two attached hydrogens (primary N) is 1. The quantitative estimate of drug-likeness (QED) is 0.865. The fourth-order valence-corrected chi connectivity index (χ4v) is 1.21. The van der Waals surface area contributed by atoms with Crippen LogP contribution >= 0.6 is 0 Å². The van der Waals surface area contributed by atoms with E-state index < -0.39 is 5.91 Å². The lowest BCUT2D eigenvalue weighted by atomic mass is 10.3. The molecule has 2 N–H and O–H groups in total. The van der Waals surface area contributed by atoms with Gasteiger partial charge in [0.1, 0.15) is 5.69 Å². The predicted molar refractivity (Wildman–Crippen MR) is 69.7 cm³/mol. The Morgan fingerprint density at radius 3 is 2.41 bits per heavy atom. The number of rotatable bonds is 4. The average Bonchev–Trinajstić information content (AvgIpc) is 2.63. The van der Waals surface area contributed by atoms with Crippen LogP contribution in [0.25, 0.3) is 0 Å². The van der Waals surface area contributed by atoms with Crippen molar-refractivity contribution in [3.63, 3.8) is 0 Å². The smallest absolute Gasteiger partial charge is 0.269 e. The van der Waals surface area contributed by atoms with Gasteiger partial charge < -0.3 is 5.73 Å². The van der Waals surface area contributed by atoms with Crippen LogP contribution in [0.2, 0.25) is 0 Å². The van der Waals surface area contributed by atoms with Crippen molar-refractivity contribution in [3.8, 4) is 0 Å². The van der Waals surface area contributed by atoms with E-state index in [2.05, 4.69) is 23.8 Å². The highest BCUT2D eigenvalue weighted by Gasteiger charge is 2.12. The van der Waals surface area contributed by atoms with Gasteiger partial charge in [0.15, 0.2) is 0 Å². The Kier molecular flexibility index (Phi) is 6.50. The minimum atomic E-state index is -0.482. The van der Waals surface area contributed by atoms with E-state index in [1.165, 1.54) is 0 Å². The second kappa shape index (κ2) is 7.06. The van der Waals surface area contributed by atoms with E-state index in [-0.39, 0.29) is 0 Å². The second-order valence-corrected chi connectivity index (χ2v) is 4.02. The molecule has 1 amide bonds. The van der Waals surface area contributed by atoms with Crippen LogP contribution < -0.4 is 5.73 Å². The van der Waals surface area contributed by atoms with Crippen molar-refractivity contribution in [1.82, 2.24) is 14.7 Å². The van der Waals surface area contributed by atoms with Crippen LogP contribution in [-0.2, 0) is 13.6 Å². The molecule has 5 heteroatoms. The first-order valence-corrected chi connectivity index (χ1v) is 5.94. The molecule has 0 saturated heterocycles.